The number of nitrogens with zero attached hydrogens (tertiary/aromatic N) is 1. The summed E-state index contributed by atoms with van der Waals surface area (Å²) in [6.45, 7) is 5.66. The van der Waals surface area contributed by atoms with E-state index in [4.69, 9.17) is 15.9 Å². The van der Waals surface area contributed by atoms with Crippen LogP contribution in [0.1, 0.15) is 49.8 Å². The molecule has 10 heteroatoms. The average Bonchev–Trinajstić information content (AvgIpc) is 2.73. The standard InChI is InChI=1S/C22H29N3O6S/c1-4-19(22(27)28)31-20-12-15(13(2)3)6-5-14(20)9-10-25(32(29)30)17-11-16(21(23)24)7-8-18(17)26/h5-8,11-13,19,26H,4,9-10H2,1-3H3,(H3,23,24)(H,27,28)(H,29,30)/p-1. The number of carboxylic acids is 1. The average molecular weight is 463 g/mol. The van der Waals surface area contributed by atoms with Crippen molar-refractivity contribution in [2.45, 2.75) is 45.6 Å². The summed E-state index contributed by atoms with van der Waals surface area (Å²) >= 11 is -2.72. The predicted octanol–water partition coefficient (Wildman–Crippen LogP) is 2.88. The molecule has 0 amide bonds. The Kier molecular flexibility index (Phi) is 8.62. The number of phenolic OH excluding ortho intramolecular Hbond substituents is 1. The lowest BCUT2D eigenvalue weighted by Crippen LogP contribution is -2.29. The summed E-state index contributed by atoms with van der Waals surface area (Å²) in [7, 11) is 0. The molecule has 0 saturated carbocycles. The number of amidine groups is 1. The quantitative estimate of drug-likeness (QED) is 0.227. The van der Waals surface area contributed by atoms with Gasteiger partial charge >= 0.3 is 5.97 Å². The maximum absolute atomic E-state index is 11.9. The second kappa shape index (κ2) is 11.0. The summed E-state index contributed by atoms with van der Waals surface area (Å²) in [6.07, 6.45) is -0.568. The van der Waals surface area contributed by atoms with E-state index in [-0.39, 0.29) is 48.1 Å². The van der Waals surface area contributed by atoms with Crippen LogP contribution in [0.2, 0.25) is 0 Å². The number of hydrogen-bond donors (Lipinski definition) is 4. The van der Waals surface area contributed by atoms with Gasteiger partial charge in [0.2, 0.25) is 0 Å². The molecule has 0 aliphatic rings. The Morgan fingerprint density at radius 3 is 2.50 bits per heavy atom. The Balaban J connectivity index is 2.38. The summed E-state index contributed by atoms with van der Waals surface area (Å²) in [5.74, 6) is -1.05. The Bertz CT molecular complexity index is 1010. The molecule has 0 radical (unpaired) electrons. The van der Waals surface area contributed by atoms with E-state index >= 15 is 0 Å². The molecule has 2 unspecified atom stereocenters. The van der Waals surface area contributed by atoms with Crippen LogP contribution < -0.4 is 14.8 Å². The van der Waals surface area contributed by atoms with Crippen molar-refractivity contribution in [3.8, 4) is 11.5 Å². The number of benzene rings is 2. The molecule has 0 aliphatic carbocycles. The third-order valence-electron chi connectivity index (χ3n) is 4.99. The summed E-state index contributed by atoms with van der Waals surface area (Å²) < 4.78 is 30.5. The molecule has 32 heavy (non-hydrogen) atoms. The fourth-order valence-corrected chi connectivity index (χ4v) is 3.64. The maximum atomic E-state index is 11.9. The predicted molar refractivity (Wildman–Crippen MR) is 122 cm³/mol. The van der Waals surface area contributed by atoms with Gasteiger partial charge in [-0.15, -0.1) is 0 Å². The fraction of sp³-hybridized carbons (Fsp3) is 0.364. The molecule has 0 aromatic heterocycles. The summed E-state index contributed by atoms with van der Waals surface area (Å²) in [6, 6.07) is 9.47. The van der Waals surface area contributed by atoms with Crippen molar-refractivity contribution in [3.05, 3.63) is 53.1 Å². The van der Waals surface area contributed by atoms with Gasteiger partial charge in [0.15, 0.2) is 6.10 Å². The number of carboxylic acid groups (broad SMARTS) is 1. The number of hydrogen-bond acceptors (Lipinski definition) is 6. The van der Waals surface area contributed by atoms with Gasteiger partial charge in [0, 0.05) is 23.4 Å². The van der Waals surface area contributed by atoms with Gasteiger partial charge in [0.1, 0.15) is 17.3 Å². The largest absolute Gasteiger partial charge is 0.755 e. The van der Waals surface area contributed by atoms with Crippen LogP contribution in [-0.2, 0) is 22.5 Å². The van der Waals surface area contributed by atoms with Crippen LogP contribution in [0.25, 0.3) is 0 Å². The van der Waals surface area contributed by atoms with Crippen LogP contribution in [0.3, 0.4) is 0 Å². The third kappa shape index (κ3) is 6.21. The number of nitrogen functional groups attached to an aromatic ring is 1. The number of nitrogens with one attached hydrogen (secondary N) is 1. The molecule has 2 aromatic rings. The van der Waals surface area contributed by atoms with Crippen LogP contribution in [0.5, 0.6) is 11.5 Å². The van der Waals surface area contributed by atoms with Gasteiger partial charge in [0.25, 0.3) is 0 Å². The lowest BCUT2D eigenvalue weighted by Gasteiger charge is -2.28. The van der Waals surface area contributed by atoms with E-state index in [2.05, 4.69) is 0 Å². The van der Waals surface area contributed by atoms with Gasteiger partial charge in [0.05, 0.1) is 5.69 Å². The van der Waals surface area contributed by atoms with Gasteiger partial charge in [-0.2, -0.15) is 0 Å². The highest BCUT2D eigenvalue weighted by molar-refractivity contribution is 7.80. The number of aliphatic carboxylic acids is 1. The molecular weight excluding hydrogens is 434 g/mol. The van der Waals surface area contributed by atoms with E-state index in [1.165, 1.54) is 18.2 Å². The molecule has 0 aliphatic heterocycles. The number of carbonyl (C=O) groups is 1. The monoisotopic (exact) mass is 462 g/mol. The van der Waals surface area contributed by atoms with Gasteiger partial charge in [-0.25, -0.2) is 4.79 Å². The molecule has 2 atom stereocenters. The first-order chi connectivity index (χ1) is 15.0. The number of aromatic hydroxyl groups is 1. The van der Waals surface area contributed by atoms with Crippen LogP contribution in [0.15, 0.2) is 36.4 Å². The Morgan fingerprint density at radius 1 is 1.28 bits per heavy atom. The van der Waals surface area contributed by atoms with E-state index in [0.29, 0.717) is 11.3 Å². The van der Waals surface area contributed by atoms with E-state index in [1.54, 1.807) is 19.1 Å². The summed E-state index contributed by atoms with van der Waals surface area (Å²) in [4.78, 5) is 11.5. The van der Waals surface area contributed by atoms with Gasteiger partial charge < -0.3 is 25.2 Å². The zero-order chi connectivity index (χ0) is 24.0. The molecule has 2 rings (SSSR count). The maximum Gasteiger partial charge on any atom is 0.344 e. The summed E-state index contributed by atoms with van der Waals surface area (Å²) in [5.41, 5.74) is 7.33. The van der Waals surface area contributed by atoms with Crippen molar-refractivity contribution in [1.82, 2.24) is 0 Å². The number of phenols is 1. The molecule has 0 bridgehead atoms. The lowest BCUT2D eigenvalue weighted by molar-refractivity contribution is -0.145. The highest BCUT2D eigenvalue weighted by atomic mass is 32.2. The fourth-order valence-electron chi connectivity index (χ4n) is 3.10. The van der Waals surface area contributed by atoms with Crippen molar-refractivity contribution < 1.29 is 28.5 Å². The van der Waals surface area contributed by atoms with E-state index in [0.717, 1.165) is 9.87 Å². The minimum atomic E-state index is -2.72. The number of anilines is 1. The van der Waals surface area contributed by atoms with Gasteiger partial charge in [-0.1, -0.05) is 32.9 Å². The molecule has 2 aromatic carbocycles. The van der Waals surface area contributed by atoms with Crippen molar-refractivity contribution in [2.75, 3.05) is 10.8 Å². The molecular formula is C22H28N3O6S-. The van der Waals surface area contributed by atoms with Gasteiger partial charge in [-0.05, 0) is 54.2 Å². The Morgan fingerprint density at radius 2 is 1.97 bits per heavy atom. The second-order valence-corrected chi connectivity index (χ2v) is 8.44. The molecule has 0 spiro atoms. The first-order valence-electron chi connectivity index (χ1n) is 10.1. The number of rotatable bonds is 11. The first-order valence-corrected chi connectivity index (χ1v) is 11.1. The normalized spacial score (nSPS) is 12.9. The molecule has 5 N–H and O–H groups in total. The zero-order valence-corrected chi connectivity index (χ0v) is 19.0. The zero-order valence-electron chi connectivity index (χ0n) is 18.2. The summed E-state index contributed by atoms with van der Waals surface area (Å²) in [5, 5.41) is 27.1. The van der Waals surface area contributed by atoms with E-state index in [9.17, 15) is 23.8 Å². The molecule has 0 saturated heterocycles. The Labute approximate surface area is 189 Å². The minimum Gasteiger partial charge on any atom is -0.755 e. The highest BCUT2D eigenvalue weighted by Gasteiger charge is 2.20. The van der Waals surface area contributed by atoms with Crippen LogP contribution in [-0.4, -0.2) is 43.4 Å². The Hall–Kier alpha value is -3.11. The van der Waals surface area contributed by atoms with E-state index in [1.807, 2.05) is 19.9 Å². The molecule has 9 nitrogen and oxygen atoms in total. The van der Waals surface area contributed by atoms with Crippen molar-refractivity contribution in [2.24, 2.45) is 5.73 Å². The second-order valence-electron chi connectivity index (χ2n) is 7.56. The lowest BCUT2D eigenvalue weighted by atomic mass is 9.99. The van der Waals surface area contributed by atoms with Gasteiger partial charge in [-0.3, -0.25) is 13.9 Å². The van der Waals surface area contributed by atoms with E-state index < -0.39 is 23.3 Å². The molecule has 0 fully saturated rings. The van der Waals surface area contributed by atoms with Crippen LogP contribution in [0.4, 0.5) is 5.69 Å². The molecule has 174 valence electrons. The van der Waals surface area contributed by atoms with Crippen molar-refractivity contribution >= 4 is 28.8 Å². The number of ether oxygens (including phenoxy) is 1. The first kappa shape index (κ1) is 25.2. The van der Waals surface area contributed by atoms with Crippen LogP contribution in [0, 0.1) is 5.41 Å². The van der Waals surface area contributed by atoms with Crippen molar-refractivity contribution in [3.63, 3.8) is 0 Å². The van der Waals surface area contributed by atoms with Crippen molar-refractivity contribution in [1.29, 1.82) is 5.41 Å². The highest BCUT2D eigenvalue weighted by Crippen LogP contribution is 2.31. The third-order valence-corrected chi connectivity index (χ3v) is 5.73. The topological polar surface area (TPSA) is 160 Å². The molecule has 0 heterocycles. The smallest absolute Gasteiger partial charge is 0.344 e. The SMILES string of the molecule is CCC(Oc1cc(C(C)C)ccc1CCN(c1cc(C(=N)N)ccc1O)S(=O)[O-])C(=O)O. The number of nitrogens with two attached hydrogens (primary N) is 1. The van der Waals surface area contributed by atoms with Crippen LogP contribution >= 0.6 is 0 Å². The minimum absolute atomic E-state index is 0.00993.